The first kappa shape index (κ1) is 23.1. The highest BCUT2D eigenvalue weighted by Crippen LogP contribution is 2.23. The Morgan fingerprint density at radius 1 is 0.938 bits per heavy atom. The lowest BCUT2D eigenvalue weighted by atomic mass is 10.1. The van der Waals surface area contributed by atoms with Crippen molar-refractivity contribution >= 4 is 27.5 Å². The van der Waals surface area contributed by atoms with Crippen LogP contribution in [0.2, 0.25) is 0 Å². The smallest absolute Gasteiger partial charge is 0.253 e. The second-order valence-electron chi connectivity index (χ2n) is 8.84. The summed E-state index contributed by atoms with van der Waals surface area (Å²) in [5, 5.41) is 0. The Labute approximate surface area is 200 Å². The fourth-order valence-electron chi connectivity index (χ4n) is 4.54. The Hall–Kier alpha value is -2.05. The maximum Gasteiger partial charge on any atom is 0.253 e. The number of benzene rings is 2. The molecule has 2 aromatic rings. The van der Waals surface area contributed by atoms with Crippen molar-refractivity contribution < 1.29 is 9.53 Å². The maximum atomic E-state index is 12.8. The van der Waals surface area contributed by atoms with Crippen molar-refractivity contribution in [3.63, 3.8) is 0 Å². The first-order valence-electron chi connectivity index (χ1n) is 11.9. The van der Waals surface area contributed by atoms with E-state index in [1.807, 2.05) is 30.0 Å². The van der Waals surface area contributed by atoms with Gasteiger partial charge < -0.3 is 19.4 Å². The molecule has 0 saturated carbocycles. The van der Waals surface area contributed by atoms with Crippen LogP contribution in [-0.2, 0) is 0 Å². The Morgan fingerprint density at radius 2 is 1.66 bits per heavy atom. The van der Waals surface area contributed by atoms with E-state index in [4.69, 9.17) is 4.74 Å². The average Bonchev–Trinajstić information content (AvgIpc) is 2.84. The first-order valence-corrected chi connectivity index (χ1v) is 12.6. The van der Waals surface area contributed by atoms with Gasteiger partial charge in [0.2, 0.25) is 0 Å². The molecular formula is C26H34BrN3O2. The third kappa shape index (κ3) is 6.04. The predicted molar refractivity (Wildman–Crippen MR) is 134 cm³/mol. The van der Waals surface area contributed by atoms with Crippen LogP contribution in [0.5, 0.6) is 5.75 Å². The van der Waals surface area contributed by atoms with Crippen LogP contribution in [0, 0.1) is 6.92 Å². The minimum atomic E-state index is 0.119. The highest BCUT2D eigenvalue weighted by molar-refractivity contribution is 9.10. The Bertz CT molecular complexity index is 888. The number of anilines is 1. The van der Waals surface area contributed by atoms with Crippen molar-refractivity contribution in [1.82, 2.24) is 9.80 Å². The number of ether oxygens (including phenoxy) is 1. The number of amides is 1. The summed E-state index contributed by atoms with van der Waals surface area (Å²) < 4.78 is 6.99. The second-order valence-corrected chi connectivity index (χ2v) is 9.70. The number of piperazine rings is 1. The minimum Gasteiger partial charge on any atom is -0.494 e. The fourth-order valence-corrected chi connectivity index (χ4v) is 4.79. The minimum absolute atomic E-state index is 0.119. The van der Waals surface area contributed by atoms with Crippen molar-refractivity contribution in [2.45, 2.75) is 32.6 Å². The highest BCUT2D eigenvalue weighted by atomic mass is 79.9. The molecule has 172 valence electrons. The molecule has 2 saturated heterocycles. The summed E-state index contributed by atoms with van der Waals surface area (Å²) in [5.74, 6) is 1.06. The molecular weight excluding hydrogens is 466 g/mol. The number of halogens is 1. The van der Waals surface area contributed by atoms with Gasteiger partial charge in [0.1, 0.15) is 5.75 Å². The molecule has 2 aliphatic heterocycles. The normalized spacial score (nSPS) is 17.4. The van der Waals surface area contributed by atoms with Crippen molar-refractivity contribution in [2.75, 3.05) is 57.3 Å². The second kappa shape index (κ2) is 11.2. The summed E-state index contributed by atoms with van der Waals surface area (Å²) in [4.78, 5) is 19.7. The lowest BCUT2D eigenvalue weighted by molar-refractivity contribution is 0.0746. The van der Waals surface area contributed by atoms with Crippen LogP contribution in [0.4, 0.5) is 5.69 Å². The van der Waals surface area contributed by atoms with Gasteiger partial charge in [-0.3, -0.25) is 4.79 Å². The van der Waals surface area contributed by atoms with Gasteiger partial charge in [0.15, 0.2) is 0 Å². The van der Waals surface area contributed by atoms with Gasteiger partial charge in [0, 0.05) is 48.4 Å². The van der Waals surface area contributed by atoms with Gasteiger partial charge in [-0.25, -0.2) is 0 Å². The first-order chi connectivity index (χ1) is 15.6. The number of likely N-dealkylation sites (tertiary alicyclic amines) is 1. The molecule has 0 bridgehead atoms. The Morgan fingerprint density at radius 3 is 2.34 bits per heavy atom. The Kier molecular flexibility index (Phi) is 8.09. The van der Waals surface area contributed by atoms with Crippen LogP contribution in [-0.4, -0.2) is 68.1 Å². The molecule has 0 spiro atoms. The molecule has 0 radical (unpaired) electrons. The number of hydrogen-bond acceptors (Lipinski definition) is 4. The molecule has 5 nitrogen and oxygen atoms in total. The molecule has 32 heavy (non-hydrogen) atoms. The lowest BCUT2D eigenvalue weighted by Crippen LogP contribution is -2.48. The van der Waals surface area contributed by atoms with Crippen LogP contribution in [0.15, 0.2) is 46.9 Å². The zero-order chi connectivity index (χ0) is 22.3. The average molecular weight is 500 g/mol. The van der Waals surface area contributed by atoms with Crippen LogP contribution in [0.25, 0.3) is 0 Å². The molecule has 2 aromatic carbocycles. The van der Waals surface area contributed by atoms with Gasteiger partial charge in [-0.05, 0) is 87.3 Å². The number of piperidine rings is 1. The van der Waals surface area contributed by atoms with Gasteiger partial charge in [-0.1, -0.05) is 22.4 Å². The van der Waals surface area contributed by atoms with E-state index in [-0.39, 0.29) is 5.91 Å². The summed E-state index contributed by atoms with van der Waals surface area (Å²) >= 11 is 3.50. The van der Waals surface area contributed by atoms with Crippen molar-refractivity contribution in [2.24, 2.45) is 0 Å². The molecule has 0 unspecified atom stereocenters. The van der Waals surface area contributed by atoms with E-state index in [2.05, 4.69) is 50.0 Å². The van der Waals surface area contributed by atoms with E-state index in [0.717, 1.165) is 67.1 Å². The van der Waals surface area contributed by atoms with Crippen LogP contribution in [0.1, 0.15) is 41.6 Å². The third-order valence-electron chi connectivity index (χ3n) is 6.51. The fraction of sp³-hybridized carbons (Fsp3) is 0.500. The standard InChI is InChI=1S/C26H34BrN3O2/c1-21-20-22(6-11-25(21)27)26(31)30-17-15-29(16-18-30)23-7-9-24(10-8-23)32-19-5-14-28-12-3-2-4-13-28/h6-11,20H,2-5,12-19H2,1H3. The zero-order valence-electron chi connectivity index (χ0n) is 19.1. The predicted octanol–water partition coefficient (Wildman–Crippen LogP) is 4.97. The zero-order valence-corrected chi connectivity index (χ0v) is 20.6. The molecule has 2 heterocycles. The van der Waals surface area contributed by atoms with E-state index >= 15 is 0 Å². The van der Waals surface area contributed by atoms with Gasteiger partial charge >= 0.3 is 0 Å². The van der Waals surface area contributed by atoms with E-state index in [9.17, 15) is 4.79 Å². The highest BCUT2D eigenvalue weighted by Gasteiger charge is 2.22. The lowest BCUT2D eigenvalue weighted by Gasteiger charge is -2.36. The summed E-state index contributed by atoms with van der Waals surface area (Å²) in [6.07, 6.45) is 5.15. The summed E-state index contributed by atoms with van der Waals surface area (Å²) in [7, 11) is 0. The number of carbonyl (C=O) groups excluding carboxylic acids is 1. The van der Waals surface area contributed by atoms with Gasteiger partial charge in [0.05, 0.1) is 6.61 Å². The molecule has 0 atom stereocenters. The molecule has 1 amide bonds. The van der Waals surface area contributed by atoms with Gasteiger partial charge in [0.25, 0.3) is 5.91 Å². The van der Waals surface area contributed by atoms with Crippen LogP contribution >= 0.6 is 15.9 Å². The molecule has 0 N–H and O–H groups in total. The number of rotatable bonds is 7. The third-order valence-corrected chi connectivity index (χ3v) is 7.40. The maximum absolute atomic E-state index is 12.8. The summed E-state index contributed by atoms with van der Waals surface area (Å²) in [6.45, 7) is 9.58. The molecule has 0 aliphatic carbocycles. The van der Waals surface area contributed by atoms with E-state index in [1.54, 1.807) is 0 Å². The summed E-state index contributed by atoms with van der Waals surface area (Å²) in [6, 6.07) is 14.2. The van der Waals surface area contributed by atoms with E-state index in [1.165, 1.54) is 38.0 Å². The molecule has 2 aliphatic rings. The van der Waals surface area contributed by atoms with E-state index in [0.29, 0.717) is 0 Å². The number of nitrogens with zero attached hydrogens (tertiary/aromatic N) is 3. The summed E-state index contributed by atoms with van der Waals surface area (Å²) in [5.41, 5.74) is 3.04. The van der Waals surface area contributed by atoms with Crippen molar-refractivity contribution in [1.29, 1.82) is 0 Å². The van der Waals surface area contributed by atoms with E-state index < -0.39 is 0 Å². The largest absolute Gasteiger partial charge is 0.494 e. The number of aryl methyl sites for hydroxylation is 1. The molecule has 4 rings (SSSR count). The van der Waals surface area contributed by atoms with Crippen molar-refractivity contribution in [3.05, 3.63) is 58.1 Å². The monoisotopic (exact) mass is 499 g/mol. The quantitative estimate of drug-likeness (QED) is 0.503. The SMILES string of the molecule is Cc1cc(C(=O)N2CCN(c3ccc(OCCCN4CCCCC4)cc3)CC2)ccc1Br. The topological polar surface area (TPSA) is 36.0 Å². The Balaban J connectivity index is 1.21. The number of hydrogen-bond donors (Lipinski definition) is 0. The van der Waals surface area contributed by atoms with Crippen molar-refractivity contribution in [3.8, 4) is 5.75 Å². The molecule has 0 aromatic heterocycles. The number of carbonyl (C=O) groups is 1. The van der Waals surface area contributed by atoms with Gasteiger partial charge in [-0.2, -0.15) is 0 Å². The van der Waals surface area contributed by atoms with Crippen LogP contribution in [0.3, 0.4) is 0 Å². The van der Waals surface area contributed by atoms with Gasteiger partial charge in [-0.15, -0.1) is 0 Å². The molecule has 6 heteroatoms. The van der Waals surface area contributed by atoms with Crippen LogP contribution < -0.4 is 9.64 Å². The molecule has 2 fully saturated rings.